The fourth-order valence-corrected chi connectivity index (χ4v) is 2.53. The number of hydrogen-bond acceptors (Lipinski definition) is 4. The molecule has 100 valence electrons. The van der Waals surface area contributed by atoms with E-state index in [0.717, 1.165) is 18.9 Å². The van der Waals surface area contributed by atoms with Gasteiger partial charge in [-0.25, -0.2) is 0 Å². The molecule has 1 heterocycles. The van der Waals surface area contributed by atoms with Crippen LogP contribution in [0.5, 0.6) is 0 Å². The van der Waals surface area contributed by atoms with E-state index in [1.54, 1.807) is 0 Å². The lowest BCUT2D eigenvalue weighted by atomic mass is 10.2. The van der Waals surface area contributed by atoms with Crippen molar-refractivity contribution in [1.29, 1.82) is 0 Å². The zero-order chi connectivity index (χ0) is 12.1. The quantitative estimate of drug-likeness (QED) is 0.657. The number of hydrogen-bond donors (Lipinski definition) is 2. The molecule has 0 amide bonds. The predicted octanol–water partition coefficient (Wildman–Crippen LogP) is -0.0156. The summed E-state index contributed by atoms with van der Waals surface area (Å²) in [6.45, 7) is 7.58. The zero-order valence-electron chi connectivity index (χ0n) is 11.1. The van der Waals surface area contributed by atoms with Crippen molar-refractivity contribution in [2.24, 2.45) is 5.92 Å². The van der Waals surface area contributed by atoms with Gasteiger partial charge >= 0.3 is 0 Å². The molecule has 0 aromatic carbocycles. The highest BCUT2D eigenvalue weighted by Crippen LogP contribution is 2.29. The Bertz CT molecular complexity index is 209. The Balaban J connectivity index is 1.57. The first kappa shape index (κ1) is 13.3. The summed E-state index contributed by atoms with van der Waals surface area (Å²) in [7, 11) is 1.93. The number of nitrogens with zero attached hydrogens (tertiary/aromatic N) is 2. The van der Waals surface area contributed by atoms with Gasteiger partial charge < -0.3 is 20.2 Å². The molecule has 2 N–H and O–H groups in total. The van der Waals surface area contributed by atoms with Crippen molar-refractivity contribution in [1.82, 2.24) is 15.1 Å². The molecule has 0 aromatic rings. The van der Waals surface area contributed by atoms with Crippen LogP contribution in [0, 0.1) is 5.92 Å². The second kappa shape index (κ2) is 6.69. The Kier molecular flexibility index (Phi) is 5.22. The largest absolute Gasteiger partial charge is 0.395 e. The van der Waals surface area contributed by atoms with Crippen LogP contribution < -0.4 is 5.32 Å². The van der Waals surface area contributed by atoms with Gasteiger partial charge in [-0.1, -0.05) is 0 Å². The van der Waals surface area contributed by atoms with Crippen LogP contribution in [-0.2, 0) is 0 Å². The van der Waals surface area contributed by atoms with Crippen LogP contribution >= 0.6 is 0 Å². The first-order chi connectivity index (χ1) is 8.31. The minimum absolute atomic E-state index is 0.248. The third kappa shape index (κ3) is 4.54. The van der Waals surface area contributed by atoms with E-state index in [9.17, 15) is 0 Å². The lowest BCUT2D eigenvalue weighted by Crippen LogP contribution is -2.48. The number of aliphatic hydroxyl groups excluding tert-OH is 1. The van der Waals surface area contributed by atoms with Crippen molar-refractivity contribution >= 4 is 0 Å². The van der Waals surface area contributed by atoms with Gasteiger partial charge in [-0.3, -0.25) is 0 Å². The molecule has 0 bridgehead atoms. The van der Waals surface area contributed by atoms with Crippen molar-refractivity contribution in [2.75, 3.05) is 52.9 Å². The van der Waals surface area contributed by atoms with E-state index >= 15 is 0 Å². The monoisotopic (exact) mass is 241 g/mol. The molecule has 0 radical (unpaired) electrons. The predicted molar refractivity (Wildman–Crippen MR) is 70.2 cm³/mol. The summed E-state index contributed by atoms with van der Waals surface area (Å²) < 4.78 is 0. The smallest absolute Gasteiger partial charge is 0.0585 e. The molecule has 2 aliphatic rings. The highest BCUT2D eigenvalue weighted by atomic mass is 16.3. The minimum atomic E-state index is 0.248. The van der Waals surface area contributed by atoms with Gasteiger partial charge in [0.2, 0.25) is 0 Å². The number of piperazine rings is 1. The van der Waals surface area contributed by atoms with Crippen LogP contribution in [-0.4, -0.2) is 73.9 Å². The second-order valence-corrected chi connectivity index (χ2v) is 5.54. The SMILES string of the molecule is CNC(CO)CCN1CCN(CC2CC2)CC1. The zero-order valence-corrected chi connectivity index (χ0v) is 11.1. The molecule has 4 heteroatoms. The van der Waals surface area contributed by atoms with E-state index in [1.807, 2.05) is 7.05 Å². The molecule has 1 aliphatic heterocycles. The summed E-state index contributed by atoms with van der Waals surface area (Å²) in [6, 6.07) is 0.263. The van der Waals surface area contributed by atoms with E-state index < -0.39 is 0 Å². The van der Waals surface area contributed by atoms with Crippen LogP contribution in [0.3, 0.4) is 0 Å². The summed E-state index contributed by atoms with van der Waals surface area (Å²) in [5.74, 6) is 1.02. The van der Waals surface area contributed by atoms with Crippen molar-refractivity contribution < 1.29 is 5.11 Å². The molecule has 1 saturated heterocycles. The van der Waals surface area contributed by atoms with Gasteiger partial charge in [0.1, 0.15) is 0 Å². The van der Waals surface area contributed by atoms with Crippen molar-refractivity contribution in [2.45, 2.75) is 25.3 Å². The van der Waals surface area contributed by atoms with Gasteiger partial charge in [-0.15, -0.1) is 0 Å². The molecule has 0 aromatic heterocycles. The Morgan fingerprint density at radius 1 is 1.18 bits per heavy atom. The summed E-state index contributed by atoms with van der Waals surface area (Å²) >= 11 is 0. The van der Waals surface area contributed by atoms with E-state index in [-0.39, 0.29) is 12.6 Å². The van der Waals surface area contributed by atoms with Gasteiger partial charge in [0.25, 0.3) is 0 Å². The Morgan fingerprint density at radius 2 is 1.82 bits per heavy atom. The standard InChI is InChI=1S/C13H27N3O/c1-14-13(11-17)4-5-15-6-8-16(9-7-15)10-12-2-3-12/h12-14,17H,2-11H2,1H3. The summed E-state index contributed by atoms with van der Waals surface area (Å²) in [6.07, 6.45) is 3.97. The Hall–Kier alpha value is -0.160. The molecular weight excluding hydrogens is 214 g/mol. The molecule has 1 atom stereocenters. The Morgan fingerprint density at radius 3 is 2.35 bits per heavy atom. The highest BCUT2D eigenvalue weighted by molar-refractivity contribution is 4.81. The lowest BCUT2D eigenvalue weighted by Gasteiger charge is -2.35. The van der Waals surface area contributed by atoms with Gasteiger partial charge in [-0.05, 0) is 38.8 Å². The van der Waals surface area contributed by atoms with Crippen LogP contribution in [0.4, 0.5) is 0 Å². The fraction of sp³-hybridized carbons (Fsp3) is 1.00. The first-order valence-corrected chi connectivity index (χ1v) is 7.04. The van der Waals surface area contributed by atoms with Crippen LogP contribution in [0.1, 0.15) is 19.3 Å². The Labute approximate surface area is 105 Å². The lowest BCUT2D eigenvalue weighted by molar-refractivity contribution is 0.121. The second-order valence-electron chi connectivity index (χ2n) is 5.54. The molecule has 2 rings (SSSR count). The molecular formula is C13H27N3O. The number of aliphatic hydroxyl groups is 1. The third-order valence-corrected chi connectivity index (χ3v) is 4.10. The number of nitrogens with one attached hydrogen (secondary N) is 1. The van der Waals surface area contributed by atoms with Gasteiger partial charge in [-0.2, -0.15) is 0 Å². The fourth-order valence-electron chi connectivity index (χ4n) is 2.53. The molecule has 2 fully saturated rings. The summed E-state index contributed by atoms with van der Waals surface area (Å²) in [5.41, 5.74) is 0. The van der Waals surface area contributed by atoms with E-state index in [4.69, 9.17) is 5.11 Å². The van der Waals surface area contributed by atoms with Crippen molar-refractivity contribution in [3.05, 3.63) is 0 Å². The average Bonchev–Trinajstić information content (AvgIpc) is 3.16. The van der Waals surface area contributed by atoms with Gasteiger partial charge in [0.05, 0.1) is 6.61 Å². The topological polar surface area (TPSA) is 38.7 Å². The van der Waals surface area contributed by atoms with Crippen molar-refractivity contribution in [3.8, 4) is 0 Å². The highest BCUT2D eigenvalue weighted by Gasteiger charge is 2.26. The maximum Gasteiger partial charge on any atom is 0.0585 e. The minimum Gasteiger partial charge on any atom is -0.395 e. The average molecular weight is 241 g/mol. The number of likely N-dealkylation sites (N-methyl/N-ethyl adjacent to an activating group) is 1. The van der Waals surface area contributed by atoms with Crippen LogP contribution in [0.15, 0.2) is 0 Å². The molecule has 1 unspecified atom stereocenters. The number of rotatable bonds is 7. The summed E-state index contributed by atoms with van der Waals surface area (Å²) in [4.78, 5) is 5.15. The normalized spacial score (nSPS) is 25.1. The first-order valence-electron chi connectivity index (χ1n) is 7.04. The van der Waals surface area contributed by atoms with Gasteiger partial charge in [0, 0.05) is 38.8 Å². The maximum atomic E-state index is 9.11. The van der Waals surface area contributed by atoms with Crippen LogP contribution in [0.25, 0.3) is 0 Å². The molecule has 4 nitrogen and oxygen atoms in total. The molecule has 17 heavy (non-hydrogen) atoms. The molecule has 0 spiro atoms. The van der Waals surface area contributed by atoms with E-state index in [2.05, 4.69) is 15.1 Å². The third-order valence-electron chi connectivity index (χ3n) is 4.10. The van der Waals surface area contributed by atoms with E-state index in [0.29, 0.717) is 0 Å². The summed E-state index contributed by atoms with van der Waals surface area (Å²) in [5, 5.41) is 12.3. The van der Waals surface area contributed by atoms with Crippen LogP contribution in [0.2, 0.25) is 0 Å². The van der Waals surface area contributed by atoms with Crippen molar-refractivity contribution in [3.63, 3.8) is 0 Å². The van der Waals surface area contributed by atoms with E-state index in [1.165, 1.54) is 45.6 Å². The molecule has 1 aliphatic carbocycles. The maximum absolute atomic E-state index is 9.11. The molecule has 1 saturated carbocycles. The van der Waals surface area contributed by atoms with Gasteiger partial charge in [0.15, 0.2) is 0 Å².